The molecule has 0 atom stereocenters. The fourth-order valence-electron chi connectivity index (χ4n) is 2.71. The molecule has 0 aliphatic carbocycles. The van der Waals surface area contributed by atoms with Crippen molar-refractivity contribution < 1.29 is 22.4 Å². The number of aryl methyl sites for hydroxylation is 1. The van der Waals surface area contributed by atoms with Gasteiger partial charge in [0.15, 0.2) is 5.69 Å². The zero-order valence-corrected chi connectivity index (χ0v) is 15.6. The molecule has 0 saturated heterocycles. The lowest BCUT2D eigenvalue weighted by atomic mass is 10.0. The van der Waals surface area contributed by atoms with E-state index in [9.17, 15) is 22.4 Å². The summed E-state index contributed by atoms with van der Waals surface area (Å²) in [6.45, 7) is 0. The highest BCUT2D eigenvalue weighted by Crippen LogP contribution is 2.41. The molecular weight excluding hydrogens is 421 g/mol. The Morgan fingerprint density at radius 2 is 1.79 bits per heavy atom. The van der Waals surface area contributed by atoms with Gasteiger partial charge in [-0.1, -0.05) is 29.3 Å². The minimum absolute atomic E-state index is 0.105. The molecule has 2 aromatic carbocycles. The van der Waals surface area contributed by atoms with Crippen molar-refractivity contribution in [1.29, 1.82) is 0 Å². The standard InChI is InChI=1S/C18H11Cl2F4N3O/c1-26-8-16(17(25-26)18(22,23)24)27(9-28)15-7-11(21)3-4-12(15)10-2-5-13(19)14(20)6-10/h2-9H,1H3. The third kappa shape index (κ3) is 3.83. The van der Waals surface area contributed by atoms with Crippen LogP contribution in [0.4, 0.5) is 28.9 Å². The van der Waals surface area contributed by atoms with Gasteiger partial charge >= 0.3 is 6.18 Å². The maximum absolute atomic E-state index is 13.9. The predicted octanol–water partition coefficient (Wildman–Crippen LogP) is 5.85. The molecule has 0 radical (unpaired) electrons. The molecule has 1 aromatic heterocycles. The number of nitrogens with zero attached hydrogens (tertiary/aromatic N) is 3. The number of halogens is 6. The fraction of sp³-hybridized carbons (Fsp3) is 0.111. The molecule has 0 N–H and O–H groups in total. The molecule has 0 bridgehead atoms. The summed E-state index contributed by atoms with van der Waals surface area (Å²) in [5.74, 6) is -0.733. The average Bonchev–Trinajstić information content (AvgIpc) is 3.00. The first-order valence-electron chi connectivity index (χ1n) is 7.72. The lowest BCUT2D eigenvalue weighted by Crippen LogP contribution is -2.19. The molecule has 0 aliphatic rings. The topological polar surface area (TPSA) is 38.1 Å². The second-order valence-electron chi connectivity index (χ2n) is 5.80. The largest absolute Gasteiger partial charge is 0.437 e. The van der Waals surface area contributed by atoms with Crippen LogP contribution in [0.3, 0.4) is 0 Å². The number of amides is 1. The maximum Gasteiger partial charge on any atom is 0.437 e. The second-order valence-corrected chi connectivity index (χ2v) is 6.61. The molecule has 10 heteroatoms. The second kappa shape index (κ2) is 7.44. The van der Waals surface area contributed by atoms with Crippen LogP contribution in [0.2, 0.25) is 10.0 Å². The quantitative estimate of drug-likeness (QED) is 0.384. The normalized spacial score (nSPS) is 11.5. The van der Waals surface area contributed by atoms with Gasteiger partial charge in [-0.05, 0) is 35.9 Å². The molecule has 3 aromatic rings. The Morgan fingerprint density at radius 1 is 1.07 bits per heavy atom. The van der Waals surface area contributed by atoms with Crippen LogP contribution in [0.5, 0.6) is 0 Å². The molecule has 28 heavy (non-hydrogen) atoms. The number of hydrogen-bond acceptors (Lipinski definition) is 2. The summed E-state index contributed by atoms with van der Waals surface area (Å²) >= 11 is 11.9. The molecular formula is C18H11Cl2F4N3O. The molecule has 0 aliphatic heterocycles. The van der Waals surface area contributed by atoms with E-state index in [4.69, 9.17) is 23.2 Å². The van der Waals surface area contributed by atoms with Crippen LogP contribution in [-0.2, 0) is 18.0 Å². The number of rotatable bonds is 4. The minimum atomic E-state index is -4.81. The van der Waals surface area contributed by atoms with Crippen LogP contribution in [-0.4, -0.2) is 16.2 Å². The summed E-state index contributed by atoms with van der Waals surface area (Å²) in [6, 6.07) is 7.93. The van der Waals surface area contributed by atoms with Gasteiger partial charge in [0.25, 0.3) is 0 Å². The van der Waals surface area contributed by atoms with Crippen LogP contribution in [0.25, 0.3) is 11.1 Å². The van der Waals surface area contributed by atoms with E-state index in [-0.39, 0.29) is 27.7 Å². The fourth-order valence-corrected chi connectivity index (χ4v) is 3.01. The average molecular weight is 432 g/mol. The van der Waals surface area contributed by atoms with Gasteiger partial charge in [0.1, 0.15) is 5.82 Å². The van der Waals surface area contributed by atoms with Gasteiger partial charge in [-0.3, -0.25) is 14.4 Å². The SMILES string of the molecule is Cn1cc(N(C=O)c2cc(F)ccc2-c2ccc(Cl)c(Cl)c2)c(C(F)(F)F)n1. The van der Waals surface area contributed by atoms with Crippen LogP contribution in [0.1, 0.15) is 5.69 Å². The monoisotopic (exact) mass is 431 g/mol. The van der Waals surface area contributed by atoms with E-state index in [1.807, 2.05) is 0 Å². The van der Waals surface area contributed by atoms with E-state index in [1.54, 1.807) is 6.07 Å². The van der Waals surface area contributed by atoms with Crippen molar-refractivity contribution in [3.05, 3.63) is 64.2 Å². The zero-order chi connectivity index (χ0) is 20.6. The van der Waals surface area contributed by atoms with Gasteiger partial charge in [0.05, 0.1) is 21.4 Å². The van der Waals surface area contributed by atoms with Crippen LogP contribution in [0.15, 0.2) is 42.6 Å². The van der Waals surface area contributed by atoms with E-state index in [0.717, 1.165) is 23.0 Å². The van der Waals surface area contributed by atoms with Gasteiger partial charge in [0, 0.05) is 18.8 Å². The molecule has 1 amide bonds. The van der Waals surface area contributed by atoms with Crippen LogP contribution < -0.4 is 4.90 Å². The highest BCUT2D eigenvalue weighted by atomic mass is 35.5. The molecule has 3 rings (SSSR count). The number of anilines is 2. The first-order chi connectivity index (χ1) is 13.1. The van der Waals surface area contributed by atoms with Gasteiger partial charge in [-0.2, -0.15) is 18.3 Å². The maximum atomic E-state index is 13.9. The summed E-state index contributed by atoms with van der Waals surface area (Å²) < 4.78 is 54.9. The van der Waals surface area contributed by atoms with E-state index in [0.29, 0.717) is 10.5 Å². The van der Waals surface area contributed by atoms with E-state index >= 15 is 0 Å². The first kappa shape index (κ1) is 20.2. The Morgan fingerprint density at radius 3 is 2.39 bits per heavy atom. The van der Waals surface area contributed by atoms with Crippen molar-refractivity contribution in [2.45, 2.75) is 6.18 Å². The molecule has 1 heterocycles. The molecule has 0 spiro atoms. The smallest absolute Gasteiger partial charge is 0.279 e. The lowest BCUT2D eigenvalue weighted by molar-refractivity contribution is -0.140. The molecule has 0 fully saturated rings. The van der Waals surface area contributed by atoms with Crippen molar-refractivity contribution in [3.63, 3.8) is 0 Å². The van der Waals surface area contributed by atoms with Crippen molar-refractivity contribution >= 4 is 41.0 Å². The third-order valence-corrected chi connectivity index (χ3v) is 4.63. The minimum Gasteiger partial charge on any atom is -0.279 e. The molecule has 146 valence electrons. The van der Waals surface area contributed by atoms with Gasteiger partial charge < -0.3 is 0 Å². The summed E-state index contributed by atoms with van der Waals surface area (Å²) in [4.78, 5) is 12.5. The van der Waals surface area contributed by atoms with Crippen molar-refractivity contribution in [2.24, 2.45) is 7.05 Å². The number of alkyl halides is 3. The molecule has 0 saturated carbocycles. The summed E-state index contributed by atoms with van der Waals surface area (Å²) in [5, 5.41) is 3.86. The van der Waals surface area contributed by atoms with Crippen molar-refractivity contribution in [1.82, 2.24) is 9.78 Å². The van der Waals surface area contributed by atoms with Gasteiger partial charge in [-0.25, -0.2) is 4.39 Å². The first-order valence-corrected chi connectivity index (χ1v) is 8.47. The lowest BCUT2D eigenvalue weighted by Gasteiger charge is -2.21. The molecule has 4 nitrogen and oxygen atoms in total. The Kier molecular flexibility index (Phi) is 5.36. The highest BCUT2D eigenvalue weighted by molar-refractivity contribution is 6.42. The summed E-state index contributed by atoms with van der Waals surface area (Å²) in [5.41, 5.74) is -1.19. The third-order valence-electron chi connectivity index (χ3n) is 3.89. The zero-order valence-electron chi connectivity index (χ0n) is 14.1. The number of aromatic nitrogens is 2. The number of benzene rings is 2. The van der Waals surface area contributed by atoms with Crippen molar-refractivity contribution in [2.75, 3.05) is 4.90 Å². The number of carbonyl (C=O) groups is 1. The van der Waals surface area contributed by atoms with Crippen LogP contribution >= 0.6 is 23.2 Å². The van der Waals surface area contributed by atoms with Gasteiger partial charge in [-0.15, -0.1) is 0 Å². The predicted molar refractivity (Wildman–Crippen MR) is 98.3 cm³/mol. The van der Waals surface area contributed by atoms with E-state index in [2.05, 4.69) is 5.10 Å². The Bertz CT molecular complexity index is 1050. The van der Waals surface area contributed by atoms with Crippen molar-refractivity contribution in [3.8, 4) is 11.1 Å². The Balaban J connectivity index is 2.23. The number of hydrogen-bond donors (Lipinski definition) is 0. The van der Waals surface area contributed by atoms with Crippen LogP contribution in [0, 0.1) is 5.82 Å². The number of carbonyl (C=O) groups excluding carboxylic acids is 1. The van der Waals surface area contributed by atoms with Gasteiger partial charge in [0.2, 0.25) is 6.41 Å². The Hall–Kier alpha value is -2.58. The van der Waals surface area contributed by atoms with E-state index in [1.165, 1.54) is 25.2 Å². The highest BCUT2D eigenvalue weighted by Gasteiger charge is 2.39. The van der Waals surface area contributed by atoms with E-state index < -0.39 is 23.4 Å². The molecule has 0 unspecified atom stereocenters. The summed E-state index contributed by atoms with van der Waals surface area (Å²) in [7, 11) is 1.28. The summed E-state index contributed by atoms with van der Waals surface area (Å²) in [6.07, 6.45) is -3.61. The Labute approximate surface area is 166 Å².